The Morgan fingerprint density at radius 2 is 1.95 bits per heavy atom. The van der Waals surface area contributed by atoms with Crippen molar-refractivity contribution in [2.75, 3.05) is 20.3 Å². The van der Waals surface area contributed by atoms with Crippen LogP contribution in [0, 0.1) is 5.92 Å². The number of hydrogen-bond acceptors (Lipinski definition) is 4. The molecule has 1 fully saturated rings. The van der Waals surface area contributed by atoms with Crippen molar-refractivity contribution in [1.29, 1.82) is 0 Å². The summed E-state index contributed by atoms with van der Waals surface area (Å²) in [7, 11) is -0.213. The Morgan fingerprint density at radius 1 is 1.32 bits per heavy atom. The molecule has 1 N–H and O–H groups in total. The van der Waals surface area contributed by atoms with Gasteiger partial charge in [-0.05, 0) is 31.0 Å². The van der Waals surface area contributed by atoms with E-state index < -0.39 is 8.32 Å². The first-order valence-electron chi connectivity index (χ1n) is 7.12. The number of ether oxygens (including phenoxy) is 1. The highest BCUT2D eigenvalue weighted by molar-refractivity contribution is 6.74. The van der Waals surface area contributed by atoms with Crippen LogP contribution in [0.15, 0.2) is 0 Å². The Hall–Kier alpha value is -0.393. The number of methoxy groups -OCH3 is 1. The third kappa shape index (κ3) is 4.58. The zero-order chi connectivity index (χ0) is 14.7. The molecule has 1 heterocycles. The minimum atomic E-state index is -1.67. The maximum absolute atomic E-state index is 11.4. The molecule has 1 saturated heterocycles. The minimum absolute atomic E-state index is 0.00845. The highest BCUT2D eigenvalue weighted by Gasteiger charge is 2.38. The summed E-state index contributed by atoms with van der Waals surface area (Å²) >= 11 is 0. The van der Waals surface area contributed by atoms with Crippen molar-refractivity contribution < 1.29 is 14.0 Å². The lowest BCUT2D eigenvalue weighted by Gasteiger charge is -2.38. The molecule has 0 radical (unpaired) electrons. The molecule has 0 amide bonds. The number of hydrogen-bond donors (Lipinski definition) is 1. The standard InChI is InChI=1S/C14H29NO3Si/c1-14(2,3)19(5,6)18-10-12-8-7-11(9-15-12)13(16)17-4/h11-12,15H,7-10H2,1-6H3. The Bertz CT molecular complexity index is 304. The predicted molar refractivity (Wildman–Crippen MR) is 79.7 cm³/mol. The van der Waals surface area contributed by atoms with Gasteiger partial charge in [-0.25, -0.2) is 0 Å². The lowest BCUT2D eigenvalue weighted by molar-refractivity contribution is -0.146. The van der Waals surface area contributed by atoms with Gasteiger partial charge in [0.05, 0.1) is 13.0 Å². The van der Waals surface area contributed by atoms with Gasteiger partial charge in [0, 0.05) is 19.2 Å². The van der Waals surface area contributed by atoms with Crippen molar-refractivity contribution in [3.8, 4) is 0 Å². The molecule has 5 heteroatoms. The fourth-order valence-corrected chi connectivity index (χ4v) is 3.00. The van der Waals surface area contributed by atoms with Crippen LogP contribution >= 0.6 is 0 Å². The van der Waals surface area contributed by atoms with Crippen LogP contribution < -0.4 is 5.32 Å². The van der Waals surface area contributed by atoms with Gasteiger partial charge in [-0.1, -0.05) is 20.8 Å². The van der Waals surface area contributed by atoms with E-state index in [-0.39, 0.29) is 16.9 Å². The number of carbonyl (C=O) groups is 1. The quantitative estimate of drug-likeness (QED) is 0.637. The van der Waals surface area contributed by atoms with Crippen molar-refractivity contribution >= 4 is 14.3 Å². The Balaban J connectivity index is 2.36. The van der Waals surface area contributed by atoms with Gasteiger partial charge in [0.25, 0.3) is 0 Å². The third-order valence-corrected chi connectivity index (χ3v) is 9.00. The predicted octanol–water partition coefficient (Wildman–Crippen LogP) is 2.55. The van der Waals surface area contributed by atoms with Gasteiger partial charge >= 0.3 is 5.97 Å². The Morgan fingerprint density at radius 3 is 2.37 bits per heavy atom. The molecule has 19 heavy (non-hydrogen) atoms. The smallest absolute Gasteiger partial charge is 0.309 e. The van der Waals surface area contributed by atoms with Crippen LogP contribution in [0.3, 0.4) is 0 Å². The number of piperidine rings is 1. The Labute approximate surface area is 118 Å². The van der Waals surface area contributed by atoms with Crippen LogP contribution in [0.2, 0.25) is 18.1 Å². The van der Waals surface area contributed by atoms with Gasteiger partial charge in [-0.2, -0.15) is 0 Å². The van der Waals surface area contributed by atoms with E-state index in [1.165, 1.54) is 7.11 Å². The first-order valence-corrected chi connectivity index (χ1v) is 10.0. The fraction of sp³-hybridized carbons (Fsp3) is 0.929. The molecule has 0 aromatic rings. The molecule has 0 bridgehead atoms. The molecule has 0 aromatic heterocycles. The van der Waals surface area contributed by atoms with Crippen molar-refractivity contribution in [2.45, 2.75) is 57.8 Å². The van der Waals surface area contributed by atoms with Gasteiger partial charge in [-0.3, -0.25) is 4.79 Å². The summed E-state index contributed by atoms with van der Waals surface area (Å²) in [6, 6.07) is 0.370. The summed E-state index contributed by atoms with van der Waals surface area (Å²) < 4.78 is 11.0. The first-order chi connectivity index (χ1) is 8.67. The highest BCUT2D eigenvalue weighted by atomic mass is 28.4. The second kappa shape index (κ2) is 6.37. The molecule has 1 aliphatic heterocycles. The SMILES string of the molecule is COC(=O)C1CCC(CO[Si](C)(C)C(C)(C)C)NC1. The minimum Gasteiger partial charge on any atom is -0.469 e. The molecule has 112 valence electrons. The van der Waals surface area contributed by atoms with Crippen LogP contribution in [0.1, 0.15) is 33.6 Å². The fourth-order valence-electron chi connectivity index (χ4n) is 1.95. The van der Waals surface area contributed by atoms with Crippen LogP contribution in [0.5, 0.6) is 0 Å². The lowest BCUT2D eigenvalue weighted by atomic mass is 9.95. The largest absolute Gasteiger partial charge is 0.469 e. The molecule has 0 saturated carbocycles. The van der Waals surface area contributed by atoms with E-state index in [9.17, 15) is 4.79 Å². The molecule has 1 aliphatic rings. The normalized spacial score (nSPS) is 25.2. The van der Waals surface area contributed by atoms with Crippen molar-refractivity contribution in [3.05, 3.63) is 0 Å². The van der Waals surface area contributed by atoms with Crippen molar-refractivity contribution in [2.24, 2.45) is 5.92 Å². The van der Waals surface area contributed by atoms with Crippen LogP contribution in [0.25, 0.3) is 0 Å². The van der Waals surface area contributed by atoms with Crippen LogP contribution in [-0.2, 0) is 14.0 Å². The average Bonchev–Trinajstić information content (AvgIpc) is 2.35. The summed E-state index contributed by atoms with van der Waals surface area (Å²) in [6.45, 7) is 12.8. The van der Waals surface area contributed by atoms with E-state index in [1.807, 2.05) is 0 Å². The van der Waals surface area contributed by atoms with Crippen molar-refractivity contribution in [3.63, 3.8) is 0 Å². The zero-order valence-electron chi connectivity index (χ0n) is 13.2. The van der Waals surface area contributed by atoms with E-state index in [2.05, 4.69) is 39.2 Å². The van der Waals surface area contributed by atoms with Crippen LogP contribution in [-0.4, -0.2) is 40.6 Å². The summed E-state index contributed by atoms with van der Waals surface area (Å²) in [5.74, 6) is -0.0922. The van der Waals surface area contributed by atoms with Gasteiger partial charge in [0.2, 0.25) is 0 Å². The number of carbonyl (C=O) groups excluding carboxylic acids is 1. The van der Waals surface area contributed by atoms with E-state index in [0.717, 1.165) is 19.4 Å². The molecular formula is C14H29NO3Si. The Kier molecular flexibility index (Phi) is 5.59. The third-order valence-electron chi connectivity index (χ3n) is 4.50. The molecule has 0 aliphatic carbocycles. The van der Waals surface area contributed by atoms with Gasteiger partial charge in [0.1, 0.15) is 0 Å². The van der Waals surface area contributed by atoms with E-state index in [1.54, 1.807) is 0 Å². The molecule has 4 nitrogen and oxygen atoms in total. The number of esters is 1. The second-order valence-corrected chi connectivity index (χ2v) is 11.8. The van der Waals surface area contributed by atoms with Crippen molar-refractivity contribution in [1.82, 2.24) is 5.32 Å². The summed E-state index contributed by atoms with van der Waals surface area (Å²) in [5, 5.41) is 3.65. The lowest BCUT2D eigenvalue weighted by Crippen LogP contribution is -2.48. The first kappa shape index (κ1) is 16.7. The van der Waals surface area contributed by atoms with Gasteiger partial charge in [0.15, 0.2) is 8.32 Å². The number of rotatable bonds is 4. The molecular weight excluding hydrogens is 258 g/mol. The van der Waals surface area contributed by atoms with E-state index in [4.69, 9.17) is 9.16 Å². The summed E-state index contributed by atoms with van der Waals surface area (Å²) in [6.07, 6.45) is 1.87. The maximum atomic E-state index is 11.4. The molecule has 2 unspecified atom stereocenters. The molecule has 1 rings (SSSR count). The summed E-state index contributed by atoms with van der Waals surface area (Å²) in [5.41, 5.74) is 0. The van der Waals surface area contributed by atoms with Crippen LogP contribution in [0.4, 0.5) is 0 Å². The zero-order valence-corrected chi connectivity index (χ0v) is 14.2. The average molecular weight is 287 g/mol. The van der Waals surface area contributed by atoms with Gasteiger partial charge < -0.3 is 14.5 Å². The number of nitrogens with one attached hydrogen (secondary N) is 1. The van der Waals surface area contributed by atoms with E-state index in [0.29, 0.717) is 12.6 Å². The monoisotopic (exact) mass is 287 g/mol. The second-order valence-electron chi connectivity index (χ2n) is 6.97. The molecule has 2 atom stereocenters. The maximum Gasteiger partial charge on any atom is 0.309 e. The summed E-state index contributed by atoms with van der Waals surface area (Å²) in [4.78, 5) is 11.4. The molecule has 0 spiro atoms. The molecule has 0 aromatic carbocycles. The topological polar surface area (TPSA) is 47.6 Å². The van der Waals surface area contributed by atoms with E-state index >= 15 is 0 Å². The van der Waals surface area contributed by atoms with Gasteiger partial charge in [-0.15, -0.1) is 0 Å². The highest BCUT2D eigenvalue weighted by Crippen LogP contribution is 2.36.